The number of halogens is 2. The lowest BCUT2D eigenvalue weighted by molar-refractivity contribution is -0.924. The summed E-state index contributed by atoms with van der Waals surface area (Å²) in [5.74, 6) is 0.333. The molecular weight excluding hydrogens is 351 g/mol. The minimum atomic E-state index is -0.0604. The van der Waals surface area contributed by atoms with E-state index < -0.39 is 0 Å². The minimum absolute atomic E-state index is 0.0604. The van der Waals surface area contributed by atoms with Crippen LogP contribution in [0.15, 0.2) is 0 Å². The molecule has 2 heterocycles. The van der Waals surface area contributed by atoms with Crippen molar-refractivity contribution in [1.82, 2.24) is 0 Å². The van der Waals surface area contributed by atoms with Gasteiger partial charge >= 0.3 is 0 Å². The molecule has 1 aromatic rings. The minimum Gasteiger partial charge on any atom is -0.323 e. The molecule has 1 N–H and O–H groups in total. The molecule has 1 amide bonds. The number of hydrogen-bond acceptors (Lipinski definition) is 2. The molecule has 1 saturated carbocycles. The van der Waals surface area contributed by atoms with Crippen LogP contribution in [0.25, 0.3) is 0 Å². The fraction of sp³-hybridized carbons (Fsp3) is 0.706. The Balaban J connectivity index is 1.99. The summed E-state index contributed by atoms with van der Waals surface area (Å²) in [6, 6.07) is 0.585. The second-order valence-electron chi connectivity index (χ2n) is 7.21. The van der Waals surface area contributed by atoms with Gasteiger partial charge in [0.15, 0.2) is 0 Å². The van der Waals surface area contributed by atoms with Crippen LogP contribution in [0.3, 0.4) is 0 Å². The van der Waals surface area contributed by atoms with Crippen LogP contribution in [-0.4, -0.2) is 36.6 Å². The number of likely N-dealkylation sites (N-methyl/N-ethyl adjacent to an activating group) is 1. The lowest BCUT2D eigenvalue weighted by Crippen LogP contribution is -2.53. The topological polar surface area (TPSA) is 29.1 Å². The number of quaternary nitrogens is 1. The van der Waals surface area contributed by atoms with Crippen LogP contribution in [0, 0.1) is 0 Å². The Bertz CT molecular complexity index is 596. The van der Waals surface area contributed by atoms with Crippen LogP contribution < -0.4 is 5.32 Å². The van der Waals surface area contributed by atoms with Gasteiger partial charge in [0.05, 0.1) is 31.2 Å². The number of likely N-dealkylation sites (tertiary alicyclic amines) is 1. The van der Waals surface area contributed by atoms with E-state index in [0.29, 0.717) is 21.3 Å². The number of nitrogens with zero attached hydrogens (tertiary/aromatic N) is 1. The molecule has 6 heteroatoms. The molecular formula is C17H25Cl2N2OS+. The van der Waals surface area contributed by atoms with Crippen molar-refractivity contribution in [1.29, 1.82) is 0 Å². The summed E-state index contributed by atoms with van der Waals surface area (Å²) in [7, 11) is 2.40. The summed E-state index contributed by atoms with van der Waals surface area (Å²) in [4.78, 5) is 11.6. The van der Waals surface area contributed by atoms with Crippen LogP contribution in [0.5, 0.6) is 0 Å². The first-order valence-corrected chi connectivity index (χ1v) is 10.1. The highest BCUT2D eigenvalue weighted by atomic mass is 35.5. The van der Waals surface area contributed by atoms with Crippen molar-refractivity contribution in [3.05, 3.63) is 14.9 Å². The van der Waals surface area contributed by atoms with Gasteiger partial charge in [-0.3, -0.25) is 4.79 Å². The van der Waals surface area contributed by atoms with Gasteiger partial charge in [0, 0.05) is 37.7 Å². The van der Waals surface area contributed by atoms with E-state index in [0.717, 1.165) is 21.5 Å². The number of thiophene rings is 1. The van der Waals surface area contributed by atoms with Gasteiger partial charge < -0.3 is 9.80 Å². The van der Waals surface area contributed by atoms with Gasteiger partial charge in [-0.1, -0.05) is 29.6 Å². The summed E-state index contributed by atoms with van der Waals surface area (Å²) in [5.41, 5.74) is 1.09. The average molecular weight is 376 g/mol. The van der Waals surface area contributed by atoms with Gasteiger partial charge in [0.25, 0.3) is 0 Å². The molecule has 2 aliphatic rings. The first-order chi connectivity index (χ1) is 10.9. The highest BCUT2D eigenvalue weighted by Gasteiger charge is 2.44. The Morgan fingerprint density at radius 1 is 1.17 bits per heavy atom. The zero-order valence-corrected chi connectivity index (χ0v) is 16.2. The maximum atomic E-state index is 11.6. The number of carbonyl (C=O) groups excluding carboxylic acids is 1. The van der Waals surface area contributed by atoms with Crippen molar-refractivity contribution in [2.75, 3.05) is 25.5 Å². The molecule has 1 aliphatic heterocycles. The normalized spacial score (nSPS) is 27.1. The summed E-state index contributed by atoms with van der Waals surface area (Å²) in [5, 5.41) is 4.47. The molecule has 23 heavy (non-hydrogen) atoms. The Morgan fingerprint density at radius 2 is 1.83 bits per heavy atom. The van der Waals surface area contributed by atoms with E-state index in [1.165, 1.54) is 63.5 Å². The Kier molecular flexibility index (Phi) is 5.27. The monoisotopic (exact) mass is 375 g/mol. The molecule has 0 unspecified atom stereocenters. The zero-order chi connectivity index (χ0) is 16.6. The van der Waals surface area contributed by atoms with Crippen molar-refractivity contribution >= 4 is 45.4 Å². The number of amides is 1. The molecule has 0 radical (unpaired) electrons. The highest BCUT2D eigenvalue weighted by Crippen LogP contribution is 2.50. The van der Waals surface area contributed by atoms with Crippen molar-refractivity contribution < 1.29 is 9.28 Å². The Hall–Kier alpha value is -0.290. The second kappa shape index (κ2) is 6.91. The number of nitrogens with one attached hydrogen (secondary N) is 1. The fourth-order valence-electron chi connectivity index (χ4n) is 4.56. The van der Waals surface area contributed by atoms with E-state index in [-0.39, 0.29) is 5.91 Å². The van der Waals surface area contributed by atoms with Crippen LogP contribution >= 0.6 is 34.5 Å². The lowest BCUT2D eigenvalue weighted by atomic mass is 9.79. The van der Waals surface area contributed by atoms with E-state index in [2.05, 4.69) is 12.4 Å². The summed E-state index contributed by atoms with van der Waals surface area (Å²) < 4.78 is 1.74. The number of hydrogen-bond donors (Lipinski definition) is 1. The van der Waals surface area contributed by atoms with Gasteiger partial charge in [0.2, 0.25) is 5.91 Å². The maximum absolute atomic E-state index is 11.6. The number of rotatable bonds is 3. The highest BCUT2D eigenvalue weighted by molar-refractivity contribution is 7.21. The van der Waals surface area contributed by atoms with Gasteiger partial charge in [-0.15, -0.1) is 11.3 Å². The van der Waals surface area contributed by atoms with E-state index in [9.17, 15) is 4.79 Å². The van der Waals surface area contributed by atoms with E-state index >= 15 is 0 Å². The van der Waals surface area contributed by atoms with Gasteiger partial charge in [-0.05, 0) is 12.8 Å². The third-order valence-electron chi connectivity index (χ3n) is 5.62. The van der Waals surface area contributed by atoms with Crippen LogP contribution in [0.2, 0.25) is 9.36 Å². The molecule has 128 valence electrons. The molecule has 3 nitrogen and oxygen atoms in total. The van der Waals surface area contributed by atoms with Crippen LogP contribution in [-0.2, 0) is 4.79 Å². The molecule has 1 aromatic heterocycles. The van der Waals surface area contributed by atoms with E-state index in [1.54, 1.807) is 0 Å². The van der Waals surface area contributed by atoms with Crippen molar-refractivity contribution in [3.8, 4) is 0 Å². The van der Waals surface area contributed by atoms with E-state index in [1.807, 2.05) is 0 Å². The third kappa shape index (κ3) is 3.41. The van der Waals surface area contributed by atoms with Crippen molar-refractivity contribution in [2.45, 2.75) is 57.4 Å². The summed E-state index contributed by atoms with van der Waals surface area (Å²) in [6.45, 7) is 4.05. The predicted molar refractivity (Wildman–Crippen MR) is 98.8 cm³/mol. The molecule has 2 atom stereocenters. The quantitative estimate of drug-likeness (QED) is 0.715. The molecule has 0 spiro atoms. The molecule has 2 fully saturated rings. The number of carbonyl (C=O) groups is 1. The molecule has 3 rings (SSSR count). The van der Waals surface area contributed by atoms with Crippen LogP contribution in [0.1, 0.15) is 56.9 Å². The average Bonchev–Trinajstić information content (AvgIpc) is 3.05. The predicted octanol–water partition coefficient (Wildman–Crippen LogP) is 5.28. The third-order valence-corrected chi connectivity index (χ3v) is 7.55. The molecule has 0 bridgehead atoms. The lowest BCUT2D eigenvalue weighted by Gasteiger charge is -2.44. The first-order valence-electron chi connectivity index (χ1n) is 8.52. The van der Waals surface area contributed by atoms with Gasteiger partial charge in [0.1, 0.15) is 9.34 Å². The Morgan fingerprint density at radius 3 is 2.48 bits per heavy atom. The van der Waals surface area contributed by atoms with Gasteiger partial charge in [-0.25, -0.2) is 0 Å². The largest absolute Gasteiger partial charge is 0.323 e. The maximum Gasteiger partial charge on any atom is 0.221 e. The van der Waals surface area contributed by atoms with Crippen LogP contribution in [0.4, 0.5) is 5.00 Å². The summed E-state index contributed by atoms with van der Waals surface area (Å²) >= 11 is 14.3. The summed E-state index contributed by atoms with van der Waals surface area (Å²) in [6.07, 6.45) is 7.53. The molecule has 0 aromatic carbocycles. The first kappa shape index (κ1) is 17.5. The Labute approximate surface area is 152 Å². The molecule has 1 saturated heterocycles. The smallest absolute Gasteiger partial charge is 0.221 e. The zero-order valence-electron chi connectivity index (χ0n) is 13.8. The van der Waals surface area contributed by atoms with Crippen molar-refractivity contribution in [3.63, 3.8) is 0 Å². The SMILES string of the molecule is CC(=O)Nc1sc(Cl)c(Cl)c1[C@@H]1CCCC[C@H]1[N+]1(C)CCCC1. The molecule has 1 aliphatic carbocycles. The standard InChI is InChI=1S/C17H24Cl2N2OS/c1-11(22)20-17-14(15(18)16(19)23-17)12-7-3-4-8-13(12)21(2)9-5-6-10-21/h12-13H,3-10H2,1-2H3/p+1/t12-,13-/m1/s1. The van der Waals surface area contributed by atoms with E-state index in [4.69, 9.17) is 23.2 Å². The fourth-order valence-corrected chi connectivity index (χ4v) is 6.24. The van der Waals surface area contributed by atoms with Gasteiger partial charge in [-0.2, -0.15) is 0 Å². The second-order valence-corrected chi connectivity index (χ2v) is 9.21. The number of anilines is 1. The van der Waals surface area contributed by atoms with Crippen molar-refractivity contribution in [2.24, 2.45) is 0 Å².